The van der Waals surface area contributed by atoms with Crippen LogP contribution >= 0.6 is 0 Å². The lowest BCUT2D eigenvalue weighted by Crippen LogP contribution is -2.41. The second-order valence-corrected chi connectivity index (χ2v) is 8.15. The number of halogens is 1. The highest BCUT2D eigenvalue weighted by molar-refractivity contribution is 5.76. The smallest absolute Gasteiger partial charge is 0.220 e. The molecule has 7 heteroatoms. The third-order valence-electron chi connectivity index (χ3n) is 6.39. The van der Waals surface area contributed by atoms with Crippen molar-refractivity contribution >= 4 is 5.91 Å². The van der Waals surface area contributed by atoms with E-state index in [4.69, 9.17) is 9.15 Å². The van der Waals surface area contributed by atoms with Crippen LogP contribution in [0.25, 0.3) is 11.3 Å². The second kappa shape index (κ2) is 8.63. The largest absolute Gasteiger partial charge is 0.441 e. The molecular formula is C22H27FN2O4. The first kappa shape index (κ1) is 20.0. The van der Waals surface area contributed by atoms with Gasteiger partial charge in [0.1, 0.15) is 5.82 Å². The van der Waals surface area contributed by atoms with Crippen LogP contribution in [-0.2, 0) is 16.0 Å². The zero-order valence-corrected chi connectivity index (χ0v) is 16.4. The van der Waals surface area contributed by atoms with Gasteiger partial charge in [0.15, 0.2) is 11.7 Å². The van der Waals surface area contributed by atoms with Crippen molar-refractivity contribution in [2.45, 2.75) is 44.6 Å². The topological polar surface area (TPSA) is 84.6 Å². The number of hydrogen-bond donors (Lipinski definition) is 2. The van der Waals surface area contributed by atoms with Gasteiger partial charge in [0.05, 0.1) is 12.3 Å². The molecule has 1 amide bonds. The number of ether oxygens (including phenoxy) is 1. The molecule has 2 fully saturated rings. The summed E-state index contributed by atoms with van der Waals surface area (Å²) in [6, 6.07) is 5.99. The molecule has 156 valence electrons. The van der Waals surface area contributed by atoms with Crippen LogP contribution in [0.15, 0.2) is 34.9 Å². The van der Waals surface area contributed by atoms with Gasteiger partial charge in [-0.25, -0.2) is 9.37 Å². The molecule has 4 rings (SSSR count). The minimum Gasteiger partial charge on any atom is -0.441 e. The Morgan fingerprint density at radius 2 is 2.00 bits per heavy atom. The van der Waals surface area contributed by atoms with Crippen molar-refractivity contribution in [3.8, 4) is 11.3 Å². The molecule has 0 bridgehead atoms. The Labute approximate surface area is 169 Å². The van der Waals surface area contributed by atoms with Gasteiger partial charge in [-0.1, -0.05) is 0 Å². The molecule has 1 aliphatic carbocycles. The maximum Gasteiger partial charge on any atom is 0.220 e. The third-order valence-corrected chi connectivity index (χ3v) is 6.39. The van der Waals surface area contributed by atoms with Gasteiger partial charge in [-0.15, -0.1) is 0 Å². The summed E-state index contributed by atoms with van der Waals surface area (Å²) in [6.45, 7) is 1.92. The molecule has 29 heavy (non-hydrogen) atoms. The Balaban J connectivity index is 1.23. The van der Waals surface area contributed by atoms with Gasteiger partial charge in [0, 0.05) is 49.5 Å². The molecule has 0 radical (unpaired) electrons. The monoisotopic (exact) mass is 402 g/mol. The van der Waals surface area contributed by atoms with Crippen LogP contribution in [0.1, 0.15) is 38.0 Å². The van der Waals surface area contributed by atoms with Crippen molar-refractivity contribution in [2.24, 2.45) is 11.3 Å². The number of benzene rings is 1. The summed E-state index contributed by atoms with van der Waals surface area (Å²) < 4.78 is 24.1. The number of carbonyl (C=O) groups is 1. The number of amides is 1. The fourth-order valence-corrected chi connectivity index (χ4v) is 4.54. The number of nitrogens with zero attached hydrogens (tertiary/aromatic N) is 1. The molecule has 1 saturated carbocycles. The minimum atomic E-state index is -0.378. The number of aryl methyl sites for hydroxylation is 1. The highest BCUT2D eigenvalue weighted by Crippen LogP contribution is 2.48. The SMILES string of the molecule is O=C(CCc1ncc(-c2ccc(F)cc2)o1)NC[C@@H]1CCC2(CCOCC2)[C@@H]1O. The van der Waals surface area contributed by atoms with Crippen molar-refractivity contribution in [2.75, 3.05) is 19.8 Å². The van der Waals surface area contributed by atoms with E-state index in [1.165, 1.54) is 12.1 Å². The summed E-state index contributed by atoms with van der Waals surface area (Å²) in [5.41, 5.74) is 0.717. The lowest BCUT2D eigenvalue weighted by Gasteiger charge is -2.37. The Morgan fingerprint density at radius 3 is 2.76 bits per heavy atom. The number of hydrogen-bond acceptors (Lipinski definition) is 5. The number of rotatable bonds is 6. The van der Waals surface area contributed by atoms with Crippen molar-refractivity contribution in [3.05, 3.63) is 42.2 Å². The number of aromatic nitrogens is 1. The highest BCUT2D eigenvalue weighted by Gasteiger charge is 2.48. The van der Waals surface area contributed by atoms with Crippen LogP contribution in [0.4, 0.5) is 4.39 Å². The van der Waals surface area contributed by atoms with E-state index in [0.29, 0.717) is 37.8 Å². The van der Waals surface area contributed by atoms with Gasteiger partial charge < -0.3 is 19.6 Å². The standard InChI is InChI=1S/C22H27FN2O4/c23-17-3-1-15(2-4-17)18-14-25-20(29-18)6-5-19(26)24-13-16-7-8-22(21(16)27)9-11-28-12-10-22/h1-4,14,16,21,27H,5-13H2,(H,24,26)/t16-,21+/m0/s1. The predicted octanol–water partition coefficient (Wildman–Crippen LogP) is 3.10. The fourth-order valence-electron chi connectivity index (χ4n) is 4.54. The Kier molecular flexibility index (Phi) is 5.96. The normalized spacial score (nSPS) is 23.4. The number of carbonyl (C=O) groups excluding carboxylic acids is 1. The molecule has 1 aliphatic heterocycles. The molecule has 6 nitrogen and oxygen atoms in total. The van der Waals surface area contributed by atoms with E-state index in [2.05, 4.69) is 10.3 Å². The first-order valence-corrected chi connectivity index (χ1v) is 10.3. The number of aliphatic hydroxyl groups is 1. The van der Waals surface area contributed by atoms with Crippen LogP contribution in [0.3, 0.4) is 0 Å². The van der Waals surface area contributed by atoms with Crippen molar-refractivity contribution in [1.82, 2.24) is 10.3 Å². The molecule has 2 aromatic rings. The first-order chi connectivity index (χ1) is 14.1. The number of nitrogens with one attached hydrogen (secondary N) is 1. The maximum atomic E-state index is 13.0. The highest BCUT2D eigenvalue weighted by atomic mass is 19.1. The third kappa shape index (κ3) is 4.51. The van der Waals surface area contributed by atoms with E-state index < -0.39 is 0 Å². The van der Waals surface area contributed by atoms with Crippen molar-refractivity contribution < 1.29 is 23.4 Å². The van der Waals surface area contributed by atoms with Gasteiger partial charge in [0.25, 0.3) is 0 Å². The van der Waals surface area contributed by atoms with E-state index in [0.717, 1.165) is 31.2 Å². The summed E-state index contributed by atoms with van der Waals surface area (Å²) in [5, 5.41) is 13.7. The Bertz CT molecular complexity index is 830. The fraction of sp³-hybridized carbons (Fsp3) is 0.545. The summed E-state index contributed by atoms with van der Waals surface area (Å²) in [5.74, 6) is 0.744. The van der Waals surface area contributed by atoms with Crippen LogP contribution < -0.4 is 5.32 Å². The van der Waals surface area contributed by atoms with Gasteiger partial charge in [-0.05, 0) is 49.9 Å². The number of aliphatic hydroxyl groups excluding tert-OH is 1. The summed E-state index contributed by atoms with van der Waals surface area (Å²) >= 11 is 0. The summed E-state index contributed by atoms with van der Waals surface area (Å²) in [4.78, 5) is 16.4. The zero-order valence-electron chi connectivity index (χ0n) is 16.4. The van der Waals surface area contributed by atoms with Crippen LogP contribution in [0.2, 0.25) is 0 Å². The van der Waals surface area contributed by atoms with Gasteiger partial charge in [-0.2, -0.15) is 0 Å². The molecule has 0 unspecified atom stereocenters. The van der Waals surface area contributed by atoms with Crippen LogP contribution in [0.5, 0.6) is 0 Å². The molecule has 2 heterocycles. The van der Waals surface area contributed by atoms with E-state index in [-0.39, 0.29) is 35.6 Å². The molecule has 1 saturated heterocycles. The summed E-state index contributed by atoms with van der Waals surface area (Å²) in [6.07, 6.45) is 5.60. The minimum absolute atomic E-state index is 0.0253. The molecule has 2 aliphatic rings. The quantitative estimate of drug-likeness (QED) is 0.776. The predicted molar refractivity (Wildman–Crippen MR) is 104 cm³/mol. The van der Waals surface area contributed by atoms with E-state index >= 15 is 0 Å². The molecule has 2 atom stereocenters. The molecule has 2 N–H and O–H groups in total. The molecule has 1 aromatic heterocycles. The first-order valence-electron chi connectivity index (χ1n) is 10.3. The van der Waals surface area contributed by atoms with E-state index in [1.54, 1.807) is 18.3 Å². The van der Waals surface area contributed by atoms with Crippen molar-refractivity contribution in [3.63, 3.8) is 0 Å². The van der Waals surface area contributed by atoms with Gasteiger partial charge in [-0.3, -0.25) is 4.79 Å². The van der Waals surface area contributed by atoms with Gasteiger partial charge >= 0.3 is 0 Å². The van der Waals surface area contributed by atoms with Crippen molar-refractivity contribution in [1.29, 1.82) is 0 Å². The molecule has 1 aromatic carbocycles. The molecule has 1 spiro atoms. The zero-order chi connectivity index (χ0) is 20.3. The summed E-state index contributed by atoms with van der Waals surface area (Å²) in [7, 11) is 0. The van der Waals surface area contributed by atoms with Crippen LogP contribution in [0, 0.1) is 17.2 Å². The Hall–Kier alpha value is -2.25. The van der Waals surface area contributed by atoms with E-state index in [1.807, 2.05) is 0 Å². The maximum absolute atomic E-state index is 13.0. The van der Waals surface area contributed by atoms with E-state index in [9.17, 15) is 14.3 Å². The average molecular weight is 402 g/mol. The number of oxazole rings is 1. The lowest BCUT2D eigenvalue weighted by atomic mass is 9.76. The van der Waals surface area contributed by atoms with Gasteiger partial charge in [0.2, 0.25) is 5.91 Å². The Morgan fingerprint density at radius 1 is 1.24 bits per heavy atom. The van der Waals surface area contributed by atoms with Crippen LogP contribution in [-0.4, -0.2) is 41.9 Å². The molecular weight excluding hydrogens is 375 g/mol. The second-order valence-electron chi connectivity index (χ2n) is 8.15. The average Bonchev–Trinajstić information content (AvgIpc) is 3.32. The lowest BCUT2D eigenvalue weighted by molar-refractivity contribution is -0.121.